The molecule has 6 nitrogen and oxygen atoms in total. The van der Waals surface area contributed by atoms with E-state index in [1.54, 1.807) is 0 Å². The number of fused-ring (bicyclic) bond motifs is 1. The van der Waals surface area contributed by atoms with Crippen LogP contribution in [0.2, 0.25) is 0 Å². The highest BCUT2D eigenvalue weighted by Crippen LogP contribution is 2.39. The second-order valence-corrected chi connectivity index (χ2v) is 7.25. The number of hydrogen-bond donors (Lipinski definition) is 0. The van der Waals surface area contributed by atoms with Crippen molar-refractivity contribution >= 4 is 0 Å². The molecule has 0 N–H and O–H groups in total. The first-order valence-electron chi connectivity index (χ1n) is 9.31. The van der Waals surface area contributed by atoms with Gasteiger partial charge in [-0.1, -0.05) is 17.3 Å². The summed E-state index contributed by atoms with van der Waals surface area (Å²) in [7, 11) is 0. The zero-order valence-electron chi connectivity index (χ0n) is 14.3. The van der Waals surface area contributed by atoms with Gasteiger partial charge in [0.15, 0.2) is 17.3 Å². The van der Waals surface area contributed by atoms with Crippen molar-refractivity contribution in [3.63, 3.8) is 0 Å². The fraction of sp³-hybridized carbons (Fsp3) is 0.579. The molecule has 1 aromatic carbocycles. The lowest BCUT2D eigenvalue weighted by Crippen LogP contribution is -2.25. The van der Waals surface area contributed by atoms with Crippen molar-refractivity contribution in [2.45, 2.75) is 57.2 Å². The molecular formula is C19H23N3O3. The molecule has 0 radical (unpaired) electrons. The summed E-state index contributed by atoms with van der Waals surface area (Å²) >= 11 is 0. The Balaban J connectivity index is 1.35. The second kappa shape index (κ2) is 6.33. The van der Waals surface area contributed by atoms with Gasteiger partial charge in [-0.25, -0.2) is 0 Å². The van der Waals surface area contributed by atoms with Gasteiger partial charge in [0, 0.05) is 30.5 Å². The Labute approximate surface area is 147 Å². The zero-order valence-corrected chi connectivity index (χ0v) is 14.3. The summed E-state index contributed by atoms with van der Waals surface area (Å²) in [6.07, 6.45) is 5.77. The highest BCUT2D eigenvalue weighted by atomic mass is 16.5. The van der Waals surface area contributed by atoms with E-state index in [1.165, 1.54) is 31.2 Å². The van der Waals surface area contributed by atoms with Crippen LogP contribution in [0.1, 0.15) is 55.3 Å². The van der Waals surface area contributed by atoms with Crippen LogP contribution in [0.25, 0.3) is 0 Å². The van der Waals surface area contributed by atoms with Crippen molar-refractivity contribution in [2.24, 2.45) is 0 Å². The van der Waals surface area contributed by atoms with Crippen LogP contribution in [0, 0.1) is 0 Å². The predicted molar refractivity (Wildman–Crippen MR) is 90.6 cm³/mol. The summed E-state index contributed by atoms with van der Waals surface area (Å²) < 4.78 is 17.3. The smallest absolute Gasteiger partial charge is 0.240 e. The topological polar surface area (TPSA) is 60.6 Å². The van der Waals surface area contributed by atoms with Gasteiger partial charge in [0.05, 0.1) is 19.8 Å². The van der Waals surface area contributed by atoms with Gasteiger partial charge in [0.25, 0.3) is 0 Å². The van der Waals surface area contributed by atoms with E-state index < -0.39 is 0 Å². The molecule has 25 heavy (non-hydrogen) atoms. The summed E-state index contributed by atoms with van der Waals surface area (Å²) in [6, 6.07) is 6.77. The van der Waals surface area contributed by atoms with E-state index in [1.807, 2.05) is 12.1 Å². The van der Waals surface area contributed by atoms with Gasteiger partial charge >= 0.3 is 0 Å². The lowest BCUT2D eigenvalue weighted by molar-refractivity contribution is 0.205. The molecule has 2 fully saturated rings. The van der Waals surface area contributed by atoms with E-state index in [9.17, 15) is 0 Å². The Morgan fingerprint density at radius 1 is 1.04 bits per heavy atom. The van der Waals surface area contributed by atoms with Crippen LogP contribution in [0.5, 0.6) is 11.5 Å². The highest BCUT2D eigenvalue weighted by Gasteiger charge is 2.33. The maximum absolute atomic E-state index is 5.97. The molecule has 2 aliphatic carbocycles. The molecule has 0 spiro atoms. The summed E-state index contributed by atoms with van der Waals surface area (Å²) in [6.45, 7) is 2.95. The van der Waals surface area contributed by atoms with Crippen molar-refractivity contribution in [3.8, 4) is 11.5 Å². The molecule has 0 bridgehead atoms. The molecule has 1 aromatic heterocycles. The van der Waals surface area contributed by atoms with E-state index in [0.29, 0.717) is 31.7 Å². The Hall–Kier alpha value is -2.08. The van der Waals surface area contributed by atoms with E-state index in [-0.39, 0.29) is 0 Å². The number of benzene rings is 1. The average molecular weight is 341 g/mol. The molecule has 2 heterocycles. The van der Waals surface area contributed by atoms with Crippen LogP contribution >= 0.6 is 0 Å². The molecule has 2 saturated carbocycles. The molecule has 5 rings (SSSR count). The average Bonchev–Trinajstić information content (AvgIpc) is 3.53. The zero-order chi connectivity index (χ0) is 16.6. The summed E-state index contributed by atoms with van der Waals surface area (Å²) in [5, 5.41) is 4.14. The molecule has 132 valence electrons. The maximum Gasteiger partial charge on any atom is 0.240 e. The SMILES string of the molecule is c1cc(CN(Cc2nc(C3CC3)no2)C2CC2)c2c(c1)OCCCO2. The van der Waals surface area contributed by atoms with Gasteiger partial charge < -0.3 is 14.0 Å². The van der Waals surface area contributed by atoms with Gasteiger partial charge in [0.1, 0.15) is 0 Å². The Bertz CT molecular complexity index is 752. The van der Waals surface area contributed by atoms with Crippen molar-refractivity contribution in [2.75, 3.05) is 13.2 Å². The van der Waals surface area contributed by atoms with Crippen molar-refractivity contribution in [3.05, 3.63) is 35.5 Å². The molecule has 3 aliphatic rings. The number of hydrogen-bond acceptors (Lipinski definition) is 6. The predicted octanol–water partition coefficient (Wildman–Crippen LogP) is 3.27. The van der Waals surface area contributed by atoms with E-state index in [2.05, 4.69) is 21.1 Å². The van der Waals surface area contributed by atoms with E-state index >= 15 is 0 Å². The van der Waals surface area contributed by atoms with Crippen LogP contribution in [0.3, 0.4) is 0 Å². The first kappa shape index (κ1) is 15.2. The number of ether oxygens (including phenoxy) is 2. The fourth-order valence-electron chi connectivity index (χ4n) is 3.36. The monoisotopic (exact) mass is 341 g/mol. The summed E-state index contributed by atoms with van der Waals surface area (Å²) in [5.41, 5.74) is 1.17. The van der Waals surface area contributed by atoms with Gasteiger partial charge in [-0.05, 0) is 31.7 Å². The lowest BCUT2D eigenvalue weighted by atomic mass is 10.1. The van der Waals surface area contributed by atoms with E-state index in [4.69, 9.17) is 14.0 Å². The molecule has 0 amide bonds. The Kier molecular flexibility index (Phi) is 3.85. The Morgan fingerprint density at radius 2 is 1.92 bits per heavy atom. The standard InChI is InChI=1S/C19H23N3O3/c1-3-14(18-16(4-1)23-9-2-10-24-18)11-22(15-7-8-15)12-17-20-19(21-25-17)13-5-6-13/h1,3-4,13,15H,2,5-12H2. The van der Waals surface area contributed by atoms with E-state index in [0.717, 1.165) is 36.2 Å². The van der Waals surface area contributed by atoms with Gasteiger partial charge in [-0.3, -0.25) is 4.90 Å². The lowest BCUT2D eigenvalue weighted by Gasteiger charge is -2.22. The third kappa shape index (κ3) is 3.35. The molecule has 6 heteroatoms. The minimum atomic E-state index is 0.530. The van der Waals surface area contributed by atoms with Crippen LogP contribution in [-0.2, 0) is 13.1 Å². The number of para-hydroxylation sites is 1. The molecule has 2 aromatic rings. The highest BCUT2D eigenvalue weighted by molar-refractivity contribution is 5.47. The number of nitrogens with zero attached hydrogens (tertiary/aromatic N) is 3. The van der Waals surface area contributed by atoms with Crippen molar-refractivity contribution in [1.29, 1.82) is 0 Å². The van der Waals surface area contributed by atoms with Crippen LogP contribution in [0.4, 0.5) is 0 Å². The quantitative estimate of drug-likeness (QED) is 0.804. The first-order valence-corrected chi connectivity index (χ1v) is 9.31. The number of aromatic nitrogens is 2. The summed E-state index contributed by atoms with van der Waals surface area (Å²) in [5.74, 6) is 3.90. The molecule has 1 aliphatic heterocycles. The second-order valence-electron chi connectivity index (χ2n) is 7.25. The largest absolute Gasteiger partial charge is 0.490 e. The minimum Gasteiger partial charge on any atom is -0.490 e. The fourth-order valence-corrected chi connectivity index (χ4v) is 3.36. The summed E-state index contributed by atoms with van der Waals surface area (Å²) in [4.78, 5) is 7.02. The molecule has 0 atom stereocenters. The molecular weight excluding hydrogens is 318 g/mol. The van der Waals surface area contributed by atoms with Crippen LogP contribution < -0.4 is 9.47 Å². The molecule has 0 saturated heterocycles. The normalized spacial score (nSPS) is 19.9. The maximum atomic E-state index is 5.97. The van der Waals surface area contributed by atoms with Crippen LogP contribution in [0.15, 0.2) is 22.7 Å². The minimum absolute atomic E-state index is 0.530. The first-order chi connectivity index (χ1) is 12.4. The van der Waals surface area contributed by atoms with Crippen molar-refractivity contribution in [1.82, 2.24) is 15.0 Å². The van der Waals surface area contributed by atoms with Crippen LogP contribution in [-0.4, -0.2) is 34.3 Å². The van der Waals surface area contributed by atoms with Gasteiger partial charge in [-0.15, -0.1) is 0 Å². The van der Waals surface area contributed by atoms with Gasteiger partial charge in [0.2, 0.25) is 5.89 Å². The third-order valence-electron chi connectivity index (χ3n) is 5.05. The molecule has 0 unspecified atom stereocenters. The third-order valence-corrected chi connectivity index (χ3v) is 5.05. The number of rotatable bonds is 6. The van der Waals surface area contributed by atoms with Crippen molar-refractivity contribution < 1.29 is 14.0 Å². The Morgan fingerprint density at radius 3 is 2.76 bits per heavy atom. The van der Waals surface area contributed by atoms with Gasteiger partial charge in [-0.2, -0.15) is 4.98 Å².